The van der Waals surface area contributed by atoms with Crippen LogP contribution in [0.5, 0.6) is 0 Å². The average molecular weight is 414 g/mol. The zero-order chi connectivity index (χ0) is 21.0. The third-order valence-corrected chi connectivity index (χ3v) is 8.71. The van der Waals surface area contributed by atoms with Crippen LogP contribution in [0.1, 0.15) is 72.1 Å². The third kappa shape index (κ3) is 2.95. The van der Waals surface area contributed by atoms with Crippen molar-refractivity contribution in [1.29, 1.82) is 5.26 Å². The van der Waals surface area contributed by atoms with Crippen molar-refractivity contribution >= 4 is 0 Å². The van der Waals surface area contributed by atoms with Gasteiger partial charge in [-0.05, 0) is 75.4 Å². The van der Waals surface area contributed by atoms with Crippen LogP contribution in [-0.4, -0.2) is 37.5 Å². The van der Waals surface area contributed by atoms with E-state index in [0.717, 1.165) is 58.2 Å². The van der Waals surface area contributed by atoms with Gasteiger partial charge in [-0.1, -0.05) is 18.6 Å². The number of hydrogen-bond donors (Lipinski definition) is 0. The highest BCUT2D eigenvalue weighted by Crippen LogP contribution is 2.64. The van der Waals surface area contributed by atoms with Gasteiger partial charge in [0.25, 0.3) is 0 Å². The molecule has 0 aromatic rings. The van der Waals surface area contributed by atoms with Crippen LogP contribution >= 0.6 is 0 Å². The third-order valence-electron chi connectivity index (χ3n) is 8.71. The first-order chi connectivity index (χ1) is 14.5. The summed E-state index contributed by atoms with van der Waals surface area (Å²) in [5.41, 5.74) is 3.78. The molecule has 0 N–H and O–H groups in total. The zero-order valence-electron chi connectivity index (χ0n) is 18.7. The number of ether oxygens (including phenoxy) is 4. The highest BCUT2D eigenvalue weighted by molar-refractivity contribution is 5.45. The van der Waals surface area contributed by atoms with Gasteiger partial charge < -0.3 is 18.9 Å². The van der Waals surface area contributed by atoms with Crippen molar-refractivity contribution < 1.29 is 18.9 Å². The van der Waals surface area contributed by atoms with Crippen LogP contribution in [0.3, 0.4) is 0 Å². The summed E-state index contributed by atoms with van der Waals surface area (Å²) in [5, 5.41) is 10.3. The predicted octanol–water partition coefficient (Wildman–Crippen LogP) is 5.03. The van der Waals surface area contributed by atoms with Gasteiger partial charge in [0.05, 0.1) is 19.3 Å². The van der Waals surface area contributed by atoms with E-state index in [4.69, 9.17) is 18.9 Å². The normalized spacial score (nSPS) is 40.4. The van der Waals surface area contributed by atoms with Gasteiger partial charge in [0.15, 0.2) is 17.7 Å². The van der Waals surface area contributed by atoms with Gasteiger partial charge in [-0.2, -0.15) is 5.26 Å². The summed E-state index contributed by atoms with van der Waals surface area (Å²) in [5.74, 6) is 0.695. The molecule has 1 saturated carbocycles. The number of allylic oxidation sites excluding steroid dienone is 3. The number of fused-ring (bicyclic) bond motifs is 4. The Bertz CT molecular complexity index is 804. The Kier molecular flexibility index (Phi) is 5.14. The van der Waals surface area contributed by atoms with Crippen molar-refractivity contribution in [2.75, 3.05) is 19.8 Å². The van der Waals surface area contributed by atoms with Crippen molar-refractivity contribution in [2.45, 2.75) is 89.8 Å². The smallest absolute Gasteiger partial charge is 0.172 e. The minimum atomic E-state index is -0.759. The van der Waals surface area contributed by atoms with E-state index in [0.29, 0.717) is 18.4 Å². The van der Waals surface area contributed by atoms with Gasteiger partial charge >= 0.3 is 0 Å². The van der Waals surface area contributed by atoms with Crippen LogP contribution in [0, 0.1) is 28.6 Å². The number of nitriles is 1. The Labute approximate surface area is 180 Å². The van der Waals surface area contributed by atoms with Crippen molar-refractivity contribution in [3.05, 3.63) is 22.8 Å². The first-order valence-corrected chi connectivity index (χ1v) is 11.9. The summed E-state index contributed by atoms with van der Waals surface area (Å²) >= 11 is 0. The molecule has 30 heavy (non-hydrogen) atoms. The van der Waals surface area contributed by atoms with Crippen molar-refractivity contribution in [3.8, 4) is 6.07 Å². The SMILES string of the molecule is CCO[C@H](C)O[C@]1(C#N)CCC2C3CCC4=C(CCC5(C4)OCCO5)C3=CCC21C. The Morgan fingerprint density at radius 2 is 2.03 bits per heavy atom. The largest absolute Gasteiger partial charge is 0.353 e. The van der Waals surface area contributed by atoms with E-state index in [9.17, 15) is 5.26 Å². The maximum absolute atomic E-state index is 10.3. The first-order valence-electron chi connectivity index (χ1n) is 11.9. The lowest BCUT2D eigenvalue weighted by molar-refractivity contribution is -0.213. The average Bonchev–Trinajstić information content (AvgIpc) is 3.30. The molecule has 0 aromatic heterocycles. The van der Waals surface area contributed by atoms with Crippen molar-refractivity contribution in [1.82, 2.24) is 0 Å². The summed E-state index contributed by atoms with van der Waals surface area (Å²) in [6.45, 7) is 8.24. The fourth-order valence-electron chi connectivity index (χ4n) is 7.25. The van der Waals surface area contributed by atoms with Crippen LogP contribution in [0.4, 0.5) is 0 Å². The van der Waals surface area contributed by atoms with Crippen LogP contribution in [0.15, 0.2) is 22.8 Å². The standard InChI is InChI=1S/C25H35NO4/c1-4-27-17(2)30-24(16-26)11-9-22-21-6-5-18-15-25(28-13-14-29-25)12-8-19(18)20(21)7-10-23(22,24)3/h7,17,21-22H,4-6,8-15H2,1-3H3/t17-,21?,22?,23?,24-/m0/s1. The molecule has 5 heteroatoms. The summed E-state index contributed by atoms with van der Waals surface area (Å²) in [6.07, 6.45) is 10.1. The summed E-state index contributed by atoms with van der Waals surface area (Å²) in [6, 6.07) is 2.61. The van der Waals surface area contributed by atoms with E-state index in [2.05, 4.69) is 19.1 Å². The van der Waals surface area contributed by atoms with E-state index in [1.165, 1.54) is 6.42 Å². The Morgan fingerprint density at radius 1 is 1.23 bits per heavy atom. The van der Waals surface area contributed by atoms with Gasteiger partial charge in [-0.15, -0.1) is 0 Å². The molecule has 1 saturated heterocycles. The topological polar surface area (TPSA) is 60.7 Å². The maximum Gasteiger partial charge on any atom is 0.172 e. The Balaban J connectivity index is 1.43. The van der Waals surface area contributed by atoms with Gasteiger partial charge in [-0.3, -0.25) is 0 Å². The summed E-state index contributed by atoms with van der Waals surface area (Å²) in [7, 11) is 0. The number of rotatable bonds is 4. The highest BCUT2D eigenvalue weighted by atomic mass is 16.7. The minimum Gasteiger partial charge on any atom is -0.353 e. The molecule has 0 aromatic carbocycles. The van der Waals surface area contributed by atoms with Gasteiger partial charge in [0, 0.05) is 24.9 Å². The molecule has 2 fully saturated rings. The lowest BCUT2D eigenvalue weighted by Crippen LogP contribution is -2.51. The van der Waals surface area contributed by atoms with Crippen LogP contribution in [0.2, 0.25) is 0 Å². The summed E-state index contributed by atoms with van der Waals surface area (Å²) in [4.78, 5) is 0. The second-order valence-corrected chi connectivity index (χ2v) is 10.0. The number of hydrogen-bond acceptors (Lipinski definition) is 5. The second kappa shape index (κ2) is 7.45. The second-order valence-electron chi connectivity index (χ2n) is 10.0. The molecule has 1 spiro atoms. The highest BCUT2D eigenvalue weighted by Gasteiger charge is 2.63. The quantitative estimate of drug-likeness (QED) is 0.605. The van der Waals surface area contributed by atoms with E-state index in [1.807, 2.05) is 13.8 Å². The van der Waals surface area contributed by atoms with E-state index >= 15 is 0 Å². The van der Waals surface area contributed by atoms with Gasteiger partial charge in [0.2, 0.25) is 0 Å². The Hall–Kier alpha value is -1.19. The molecule has 5 nitrogen and oxygen atoms in total. The molecule has 0 amide bonds. The molecule has 164 valence electrons. The molecular weight excluding hydrogens is 378 g/mol. The summed E-state index contributed by atoms with van der Waals surface area (Å²) < 4.78 is 24.0. The molecule has 5 aliphatic rings. The van der Waals surface area contributed by atoms with Gasteiger partial charge in [0.1, 0.15) is 0 Å². The first kappa shape index (κ1) is 20.7. The molecule has 1 heterocycles. The molecular formula is C25H35NO4. The number of nitrogens with zero attached hydrogens (tertiary/aromatic N) is 1. The lowest BCUT2D eigenvalue weighted by Gasteiger charge is -2.50. The van der Waals surface area contributed by atoms with E-state index in [1.54, 1.807) is 16.7 Å². The van der Waals surface area contributed by atoms with E-state index < -0.39 is 5.60 Å². The van der Waals surface area contributed by atoms with Crippen LogP contribution < -0.4 is 0 Å². The minimum absolute atomic E-state index is 0.160. The van der Waals surface area contributed by atoms with Crippen molar-refractivity contribution in [3.63, 3.8) is 0 Å². The fraction of sp³-hybridized carbons (Fsp3) is 0.800. The molecule has 0 radical (unpaired) electrons. The molecule has 3 unspecified atom stereocenters. The zero-order valence-corrected chi connectivity index (χ0v) is 18.7. The molecule has 5 rings (SSSR count). The van der Waals surface area contributed by atoms with E-state index in [-0.39, 0.29) is 17.5 Å². The molecule has 5 atom stereocenters. The monoisotopic (exact) mass is 413 g/mol. The fourth-order valence-corrected chi connectivity index (χ4v) is 7.25. The van der Waals surface area contributed by atoms with Crippen LogP contribution in [0.25, 0.3) is 0 Å². The Morgan fingerprint density at radius 3 is 2.77 bits per heavy atom. The maximum atomic E-state index is 10.3. The van der Waals surface area contributed by atoms with Gasteiger partial charge in [-0.25, -0.2) is 0 Å². The molecule has 1 aliphatic heterocycles. The van der Waals surface area contributed by atoms with Crippen molar-refractivity contribution in [2.24, 2.45) is 17.3 Å². The van der Waals surface area contributed by atoms with Crippen LogP contribution in [-0.2, 0) is 18.9 Å². The predicted molar refractivity (Wildman–Crippen MR) is 112 cm³/mol. The lowest BCUT2D eigenvalue weighted by atomic mass is 9.56. The molecule has 4 aliphatic carbocycles. The molecule has 0 bridgehead atoms.